The van der Waals surface area contributed by atoms with Gasteiger partial charge in [-0.15, -0.1) is 0 Å². The second-order valence-corrected chi connectivity index (χ2v) is 11.8. The topological polar surface area (TPSA) is 83.6 Å². The first-order valence-electron chi connectivity index (χ1n) is 13.8. The van der Waals surface area contributed by atoms with Crippen molar-refractivity contribution >= 4 is 17.5 Å². The van der Waals surface area contributed by atoms with Crippen LogP contribution >= 0.6 is 0 Å². The first kappa shape index (κ1) is 27.1. The van der Waals surface area contributed by atoms with Crippen molar-refractivity contribution in [1.82, 2.24) is 15.1 Å². The van der Waals surface area contributed by atoms with Crippen LogP contribution in [0, 0.1) is 5.41 Å². The summed E-state index contributed by atoms with van der Waals surface area (Å²) >= 11 is 0. The summed E-state index contributed by atoms with van der Waals surface area (Å²) in [6.45, 7) is 10.4. The Morgan fingerprint density at radius 2 is 1.85 bits per heavy atom. The normalized spacial score (nSPS) is 20.7. The number of hydrogen-bond donors (Lipinski definition) is 1. The van der Waals surface area contributed by atoms with Gasteiger partial charge in [-0.2, -0.15) is 0 Å². The summed E-state index contributed by atoms with van der Waals surface area (Å²) in [7, 11) is 1.65. The average molecular weight is 537 g/mol. The van der Waals surface area contributed by atoms with E-state index in [0.717, 1.165) is 30.1 Å². The summed E-state index contributed by atoms with van der Waals surface area (Å²) < 4.78 is 16.6. The van der Waals surface area contributed by atoms with Crippen molar-refractivity contribution in [3.63, 3.8) is 0 Å². The number of piperazine rings is 1. The van der Waals surface area contributed by atoms with Gasteiger partial charge in [-0.1, -0.05) is 32.9 Å². The number of carbonyl (C=O) groups excluding carboxylic acids is 2. The molecule has 2 amide bonds. The van der Waals surface area contributed by atoms with Crippen LogP contribution in [-0.4, -0.2) is 80.3 Å². The lowest BCUT2D eigenvalue weighted by Gasteiger charge is -2.33. The standard InChI is InChI=1S/C30H40N4O5/c1-30(2,3)17-28(35)34(18-21-6-5-7-24(14-21)37-4)23-15-25(29(36)32-12-10-31-11-13-32)33(19-23)22-8-9-26-27(16-22)39-20-38-26/h5-9,14,16,23,25,31H,10-13,15,17-20H2,1-4H3/t23-,25-/m0/s1. The minimum atomic E-state index is -0.372. The van der Waals surface area contributed by atoms with E-state index in [1.807, 2.05) is 52.3 Å². The Balaban J connectivity index is 1.46. The molecule has 9 nitrogen and oxygen atoms in total. The Morgan fingerprint density at radius 3 is 2.59 bits per heavy atom. The third kappa shape index (κ3) is 6.24. The van der Waals surface area contributed by atoms with E-state index in [-0.39, 0.29) is 36.1 Å². The van der Waals surface area contributed by atoms with Crippen LogP contribution in [0.25, 0.3) is 0 Å². The number of fused-ring (bicyclic) bond motifs is 1. The SMILES string of the molecule is COc1cccc(CN(C(=O)CC(C)(C)C)[C@H]2C[C@@H](C(=O)N3CCNCC3)N(c3ccc4c(c3)OCO4)C2)c1. The van der Waals surface area contributed by atoms with Gasteiger partial charge in [0, 0.05) is 57.4 Å². The van der Waals surface area contributed by atoms with Gasteiger partial charge in [-0.3, -0.25) is 9.59 Å². The maximum Gasteiger partial charge on any atom is 0.245 e. The van der Waals surface area contributed by atoms with E-state index in [2.05, 4.69) is 31.0 Å². The van der Waals surface area contributed by atoms with Crippen LogP contribution in [0.2, 0.25) is 0 Å². The molecule has 2 saturated heterocycles. The quantitative estimate of drug-likeness (QED) is 0.582. The van der Waals surface area contributed by atoms with E-state index in [0.29, 0.717) is 50.5 Å². The Kier molecular flexibility index (Phi) is 7.88. The smallest absolute Gasteiger partial charge is 0.245 e. The number of anilines is 1. The van der Waals surface area contributed by atoms with E-state index in [4.69, 9.17) is 14.2 Å². The van der Waals surface area contributed by atoms with Crippen LogP contribution in [-0.2, 0) is 16.1 Å². The zero-order valence-corrected chi connectivity index (χ0v) is 23.4. The van der Waals surface area contributed by atoms with E-state index in [9.17, 15) is 9.59 Å². The van der Waals surface area contributed by atoms with Crippen molar-refractivity contribution in [2.45, 2.75) is 52.2 Å². The zero-order valence-electron chi connectivity index (χ0n) is 23.4. The molecular formula is C30H40N4O5. The Morgan fingerprint density at radius 1 is 1.08 bits per heavy atom. The van der Waals surface area contributed by atoms with Crippen molar-refractivity contribution in [3.05, 3.63) is 48.0 Å². The highest BCUT2D eigenvalue weighted by Crippen LogP contribution is 2.39. The van der Waals surface area contributed by atoms with Crippen LogP contribution in [0.5, 0.6) is 17.2 Å². The maximum absolute atomic E-state index is 13.9. The van der Waals surface area contributed by atoms with E-state index in [1.54, 1.807) is 7.11 Å². The highest BCUT2D eigenvalue weighted by Gasteiger charge is 2.43. The lowest BCUT2D eigenvalue weighted by molar-refractivity contribution is -0.137. The lowest BCUT2D eigenvalue weighted by Crippen LogP contribution is -2.52. The molecule has 0 saturated carbocycles. The number of rotatable bonds is 7. The molecule has 2 fully saturated rings. The highest BCUT2D eigenvalue weighted by molar-refractivity contribution is 5.87. The molecule has 0 aliphatic carbocycles. The second kappa shape index (κ2) is 11.3. The van der Waals surface area contributed by atoms with Gasteiger partial charge in [0.15, 0.2) is 11.5 Å². The number of nitrogens with zero attached hydrogens (tertiary/aromatic N) is 3. The second-order valence-electron chi connectivity index (χ2n) is 11.8. The van der Waals surface area contributed by atoms with Crippen molar-refractivity contribution < 1.29 is 23.8 Å². The number of benzene rings is 2. The summed E-state index contributed by atoms with van der Waals surface area (Å²) in [6, 6.07) is 13.2. The molecule has 0 spiro atoms. The molecule has 3 aliphatic rings. The third-order valence-corrected chi connectivity index (χ3v) is 7.61. The highest BCUT2D eigenvalue weighted by atomic mass is 16.7. The van der Waals surface area contributed by atoms with Crippen LogP contribution in [0.15, 0.2) is 42.5 Å². The predicted molar refractivity (Wildman–Crippen MR) is 149 cm³/mol. The fourth-order valence-electron chi connectivity index (χ4n) is 5.66. The van der Waals surface area contributed by atoms with Gasteiger partial charge >= 0.3 is 0 Å². The molecule has 1 N–H and O–H groups in total. The molecule has 3 heterocycles. The molecule has 9 heteroatoms. The van der Waals surface area contributed by atoms with E-state index < -0.39 is 0 Å². The summed E-state index contributed by atoms with van der Waals surface area (Å²) in [5.41, 5.74) is 1.75. The fourth-order valence-corrected chi connectivity index (χ4v) is 5.66. The molecule has 39 heavy (non-hydrogen) atoms. The monoisotopic (exact) mass is 536 g/mol. The van der Waals surface area contributed by atoms with Crippen LogP contribution < -0.4 is 24.4 Å². The zero-order chi connectivity index (χ0) is 27.6. The first-order valence-corrected chi connectivity index (χ1v) is 13.8. The van der Waals surface area contributed by atoms with Gasteiger partial charge in [0.2, 0.25) is 18.6 Å². The predicted octanol–water partition coefficient (Wildman–Crippen LogP) is 3.27. The van der Waals surface area contributed by atoms with Crippen LogP contribution in [0.3, 0.4) is 0 Å². The minimum Gasteiger partial charge on any atom is -0.497 e. The third-order valence-electron chi connectivity index (χ3n) is 7.61. The fraction of sp³-hybridized carbons (Fsp3) is 0.533. The molecule has 2 aromatic carbocycles. The van der Waals surface area contributed by atoms with Crippen molar-refractivity contribution in [3.8, 4) is 17.2 Å². The molecule has 3 aliphatic heterocycles. The molecule has 0 unspecified atom stereocenters. The molecule has 0 aromatic heterocycles. The Labute approximate surface area is 231 Å². The van der Waals surface area contributed by atoms with Gasteiger partial charge in [0.05, 0.1) is 13.2 Å². The van der Waals surface area contributed by atoms with Gasteiger partial charge < -0.3 is 34.2 Å². The van der Waals surface area contributed by atoms with Crippen molar-refractivity contribution in [2.24, 2.45) is 5.41 Å². The summed E-state index contributed by atoms with van der Waals surface area (Å²) in [6.07, 6.45) is 0.991. The van der Waals surface area contributed by atoms with E-state index >= 15 is 0 Å². The first-order chi connectivity index (χ1) is 18.7. The van der Waals surface area contributed by atoms with E-state index in [1.165, 1.54) is 0 Å². The largest absolute Gasteiger partial charge is 0.497 e. The summed E-state index contributed by atoms with van der Waals surface area (Å²) in [5, 5.41) is 3.33. The number of methoxy groups -OCH3 is 1. The maximum atomic E-state index is 13.9. The molecule has 0 bridgehead atoms. The number of hydrogen-bond acceptors (Lipinski definition) is 7. The number of amides is 2. The van der Waals surface area contributed by atoms with Gasteiger partial charge in [0.25, 0.3) is 0 Å². The van der Waals surface area contributed by atoms with Gasteiger partial charge in [-0.05, 0) is 41.7 Å². The summed E-state index contributed by atoms with van der Waals surface area (Å²) in [4.78, 5) is 33.8. The number of carbonyl (C=O) groups is 2. The number of nitrogens with one attached hydrogen (secondary N) is 1. The minimum absolute atomic E-state index is 0.0937. The molecule has 0 radical (unpaired) electrons. The van der Waals surface area contributed by atoms with Gasteiger partial charge in [-0.25, -0.2) is 0 Å². The molecule has 2 atom stereocenters. The molecular weight excluding hydrogens is 496 g/mol. The summed E-state index contributed by atoms with van der Waals surface area (Å²) in [5.74, 6) is 2.36. The van der Waals surface area contributed by atoms with Crippen LogP contribution in [0.1, 0.15) is 39.2 Å². The lowest BCUT2D eigenvalue weighted by atomic mass is 9.91. The Bertz CT molecular complexity index is 1190. The van der Waals surface area contributed by atoms with Crippen molar-refractivity contribution in [1.29, 1.82) is 0 Å². The molecule has 210 valence electrons. The average Bonchev–Trinajstić information content (AvgIpc) is 3.58. The molecule has 2 aromatic rings. The van der Waals surface area contributed by atoms with Crippen LogP contribution in [0.4, 0.5) is 5.69 Å². The Hall–Kier alpha value is -3.46. The van der Waals surface area contributed by atoms with Gasteiger partial charge in [0.1, 0.15) is 11.8 Å². The number of ether oxygens (including phenoxy) is 3. The van der Waals surface area contributed by atoms with Crippen molar-refractivity contribution in [2.75, 3.05) is 51.5 Å². The molecule has 5 rings (SSSR count).